The van der Waals surface area contributed by atoms with Crippen molar-refractivity contribution < 1.29 is 4.79 Å². The van der Waals surface area contributed by atoms with Crippen LogP contribution in [0.4, 0.5) is 5.82 Å². The molecule has 5 nitrogen and oxygen atoms in total. The molecule has 0 aromatic carbocycles. The Morgan fingerprint density at radius 2 is 2.25 bits per heavy atom. The van der Waals surface area contributed by atoms with Gasteiger partial charge in [0.2, 0.25) is 0 Å². The zero-order valence-electron chi connectivity index (χ0n) is 11.6. The van der Waals surface area contributed by atoms with Gasteiger partial charge in [-0.25, -0.2) is 9.97 Å². The molecule has 20 heavy (non-hydrogen) atoms. The molecule has 106 valence electrons. The van der Waals surface area contributed by atoms with Gasteiger partial charge in [0.1, 0.15) is 5.82 Å². The van der Waals surface area contributed by atoms with Crippen LogP contribution in [0.2, 0.25) is 0 Å². The summed E-state index contributed by atoms with van der Waals surface area (Å²) in [7, 11) is 0. The first-order valence-corrected chi connectivity index (χ1v) is 7.46. The maximum atomic E-state index is 12.2. The molecule has 0 saturated carbocycles. The normalized spacial score (nSPS) is 10.3. The summed E-state index contributed by atoms with van der Waals surface area (Å²) in [5.74, 6) is 0.511. The van der Waals surface area contributed by atoms with Crippen molar-refractivity contribution in [2.45, 2.75) is 26.8 Å². The summed E-state index contributed by atoms with van der Waals surface area (Å²) < 4.78 is 0. The molecule has 2 N–H and O–H groups in total. The first-order valence-electron chi connectivity index (χ1n) is 6.58. The number of aryl methyl sites for hydroxylation is 1. The Bertz CT molecular complexity index is 582. The van der Waals surface area contributed by atoms with Crippen molar-refractivity contribution in [1.29, 1.82) is 0 Å². The lowest BCUT2D eigenvalue weighted by Gasteiger charge is -2.10. The smallest absolute Gasteiger partial charge is 0.255 e. The van der Waals surface area contributed by atoms with Crippen molar-refractivity contribution in [1.82, 2.24) is 15.3 Å². The van der Waals surface area contributed by atoms with Crippen LogP contribution in [0.1, 0.15) is 34.3 Å². The average molecular weight is 290 g/mol. The second-order valence-electron chi connectivity index (χ2n) is 4.37. The van der Waals surface area contributed by atoms with E-state index in [-0.39, 0.29) is 5.91 Å². The molecule has 0 aliphatic carbocycles. The van der Waals surface area contributed by atoms with Crippen molar-refractivity contribution >= 4 is 23.1 Å². The molecule has 0 spiro atoms. The van der Waals surface area contributed by atoms with Crippen LogP contribution in [0.3, 0.4) is 0 Å². The third-order valence-corrected chi connectivity index (χ3v) is 3.78. The number of amides is 1. The molecule has 2 heterocycles. The van der Waals surface area contributed by atoms with E-state index in [1.165, 1.54) is 0 Å². The van der Waals surface area contributed by atoms with Crippen molar-refractivity contribution in [3.05, 3.63) is 40.0 Å². The third kappa shape index (κ3) is 3.54. The highest BCUT2D eigenvalue weighted by Crippen LogP contribution is 2.14. The van der Waals surface area contributed by atoms with Gasteiger partial charge in [-0.15, -0.1) is 11.3 Å². The molecule has 2 rings (SSSR count). The van der Waals surface area contributed by atoms with E-state index < -0.39 is 0 Å². The van der Waals surface area contributed by atoms with Crippen LogP contribution in [0.5, 0.6) is 0 Å². The predicted octanol–water partition coefficient (Wildman–Crippen LogP) is 2.60. The van der Waals surface area contributed by atoms with Crippen molar-refractivity contribution in [3.8, 4) is 0 Å². The lowest BCUT2D eigenvalue weighted by molar-refractivity contribution is 0.0952. The number of hydrogen-bond donors (Lipinski definition) is 2. The fraction of sp³-hybridized carbons (Fsp3) is 0.357. The molecule has 0 radical (unpaired) electrons. The van der Waals surface area contributed by atoms with Gasteiger partial charge in [-0.3, -0.25) is 4.79 Å². The number of anilines is 1. The third-order valence-electron chi connectivity index (χ3n) is 2.85. The molecule has 6 heteroatoms. The number of carbonyl (C=O) groups is 1. The van der Waals surface area contributed by atoms with E-state index >= 15 is 0 Å². The molecule has 0 atom stereocenters. The number of rotatable bonds is 6. The van der Waals surface area contributed by atoms with Crippen LogP contribution < -0.4 is 10.6 Å². The highest BCUT2D eigenvalue weighted by molar-refractivity contribution is 7.09. The van der Waals surface area contributed by atoms with Crippen LogP contribution >= 0.6 is 11.3 Å². The summed E-state index contributed by atoms with van der Waals surface area (Å²) in [6.45, 7) is 5.31. The van der Waals surface area contributed by atoms with E-state index in [0.717, 1.165) is 23.5 Å². The summed E-state index contributed by atoms with van der Waals surface area (Å²) in [6.07, 6.45) is 2.67. The fourth-order valence-electron chi connectivity index (χ4n) is 1.72. The van der Waals surface area contributed by atoms with Gasteiger partial charge in [-0.2, -0.15) is 0 Å². The average Bonchev–Trinajstić information content (AvgIpc) is 2.88. The summed E-state index contributed by atoms with van der Waals surface area (Å²) in [5.41, 5.74) is 3.32. The van der Waals surface area contributed by atoms with Gasteiger partial charge in [0, 0.05) is 17.6 Å². The van der Waals surface area contributed by atoms with E-state index in [1.54, 1.807) is 35.2 Å². The Hall–Kier alpha value is -1.95. The number of thiazole rings is 1. The van der Waals surface area contributed by atoms with Crippen LogP contribution in [-0.2, 0) is 6.54 Å². The number of nitrogens with zero attached hydrogens (tertiary/aromatic N) is 2. The number of pyridine rings is 1. The van der Waals surface area contributed by atoms with Crippen LogP contribution in [-0.4, -0.2) is 22.4 Å². The highest BCUT2D eigenvalue weighted by atomic mass is 32.1. The van der Waals surface area contributed by atoms with Gasteiger partial charge in [-0.05, 0) is 25.5 Å². The molecule has 0 bridgehead atoms. The van der Waals surface area contributed by atoms with Gasteiger partial charge >= 0.3 is 0 Å². The molecular weight excluding hydrogens is 272 g/mol. The lowest BCUT2D eigenvalue weighted by atomic mass is 10.2. The van der Waals surface area contributed by atoms with Crippen molar-refractivity contribution in [3.63, 3.8) is 0 Å². The SMILES string of the molecule is CCCNc1ncccc1C(=O)NCc1scnc1C. The largest absolute Gasteiger partial charge is 0.369 e. The Kier molecular flexibility index (Phi) is 5.06. The number of hydrogen-bond acceptors (Lipinski definition) is 5. The Balaban J connectivity index is 2.03. The summed E-state index contributed by atoms with van der Waals surface area (Å²) >= 11 is 1.55. The Morgan fingerprint density at radius 1 is 1.40 bits per heavy atom. The fourth-order valence-corrected chi connectivity index (χ4v) is 2.44. The van der Waals surface area contributed by atoms with Gasteiger partial charge < -0.3 is 10.6 Å². The minimum absolute atomic E-state index is 0.121. The second kappa shape index (κ2) is 7.00. The Morgan fingerprint density at radius 3 is 2.95 bits per heavy atom. The van der Waals surface area contributed by atoms with Crippen molar-refractivity contribution in [2.75, 3.05) is 11.9 Å². The Labute approximate surface area is 122 Å². The van der Waals surface area contributed by atoms with Crippen molar-refractivity contribution in [2.24, 2.45) is 0 Å². The minimum atomic E-state index is -0.121. The van der Waals surface area contributed by atoms with E-state index in [0.29, 0.717) is 17.9 Å². The zero-order valence-corrected chi connectivity index (χ0v) is 12.5. The van der Waals surface area contributed by atoms with Crippen LogP contribution in [0.25, 0.3) is 0 Å². The van der Waals surface area contributed by atoms with Gasteiger partial charge in [0.25, 0.3) is 5.91 Å². The summed E-state index contributed by atoms with van der Waals surface area (Å²) in [5, 5.41) is 6.08. The lowest BCUT2D eigenvalue weighted by Crippen LogP contribution is -2.24. The van der Waals surface area contributed by atoms with E-state index in [1.807, 2.05) is 6.92 Å². The maximum Gasteiger partial charge on any atom is 0.255 e. The van der Waals surface area contributed by atoms with Gasteiger partial charge in [-0.1, -0.05) is 6.92 Å². The van der Waals surface area contributed by atoms with E-state index in [4.69, 9.17) is 0 Å². The molecule has 0 saturated heterocycles. The number of carbonyl (C=O) groups excluding carboxylic acids is 1. The first-order chi connectivity index (χ1) is 9.72. The van der Waals surface area contributed by atoms with E-state index in [9.17, 15) is 4.79 Å². The number of nitrogens with one attached hydrogen (secondary N) is 2. The topological polar surface area (TPSA) is 66.9 Å². The molecule has 2 aromatic rings. The van der Waals surface area contributed by atoms with Gasteiger partial charge in [0.15, 0.2) is 0 Å². The molecule has 2 aromatic heterocycles. The summed E-state index contributed by atoms with van der Waals surface area (Å²) in [4.78, 5) is 21.7. The monoisotopic (exact) mass is 290 g/mol. The minimum Gasteiger partial charge on any atom is -0.369 e. The molecule has 1 amide bonds. The standard InChI is InChI=1S/C14H18N4OS/c1-3-6-15-13-11(5-4-7-16-13)14(19)17-8-12-10(2)18-9-20-12/h4-5,7,9H,3,6,8H2,1-2H3,(H,15,16)(H,17,19). The molecule has 0 aliphatic rings. The quantitative estimate of drug-likeness (QED) is 0.858. The second-order valence-corrected chi connectivity index (χ2v) is 5.31. The summed E-state index contributed by atoms with van der Waals surface area (Å²) in [6, 6.07) is 3.55. The predicted molar refractivity (Wildman–Crippen MR) is 81.0 cm³/mol. The molecule has 0 aliphatic heterocycles. The van der Waals surface area contributed by atoms with Crippen LogP contribution in [0, 0.1) is 6.92 Å². The molecular formula is C14H18N4OS. The zero-order chi connectivity index (χ0) is 14.4. The van der Waals surface area contributed by atoms with Crippen LogP contribution in [0.15, 0.2) is 23.8 Å². The molecule has 0 fully saturated rings. The maximum absolute atomic E-state index is 12.2. The first kappa shape index (κ1) is 14.5. The molecule has 0 unspecified atom stereocenters. The number of aromatic nitrogens is 2. The van der Waals surface area contributed by atoms with E-state index in [2.05, 4.69) is 27.5 Å². The van der Waals surface area contributed by atoms with Gasteiger partial charge in [0.05, 0.1) is 23.3 Å². The highest BCUT2D eigenvalue weighted by Gasteiger charge is 2.12.